The first-order valence-corrected chi connectivity index (χ1v) is 3.70. The van der Waals surface area contributed by atoms with Gasteiger partial charge in [-0.3, -0.25) is 4.79 Å². The van der Waals surface area contributed by atoms with E-state index in [-0.39, 0.29) is 11.8 Å². The first kappa shape index (κ1) is 9.95. The topological polar surface area (TPSA) is 29.1 Å². The molecule has 2 heteroatoms. The highest BCUT2D eigenvalue weighted by molar-refractivity contribution is 5.79. The Morgan fingerprint density at radius 2 is 2.09 bits per heavy atom. The van der Waals surface area contributed by atoms with E-state index >= 15 is 0 Å². The molecular formula is C9H15NO. The molecular weight excluding hydrogens is 138 g/mol. The van der Waals surface area contributed by atoms with Crippen LogP contribution in [0.4, 0.5) is 0 Å². The van der Waals surface area contributed by atoms with Crippen LogP contribution in [0.1, 0.15) is 20.8 Å². The van der Waals surface area contributed by atoms with E-state index < -0.39 is 0 Å². The van der Waals surface area contributed by atoms with Crippen LogP contribution >= 0.6 is 0 Å². The fourth-order valence-corrected chi connectivity index (χ4v) is 0.545. The van der Waals surface area contributed by atoms with Crippen LogP contribution in [0.3, 0.4) is 0 Å². The van der Waals surface area contributed by atoms with Gasteiger partial charge < -0.3 is 5.32 Å². The first-order chi connectivity index (χ1) is 5.07. The zero-order valence-corrected chi connectivity index (χ0v) is 7.35. The van der Waals surface area contributed by atoms with Crippen molar-refractivity contribution in [2.45, 2.75) is 20.8 Å². The third kappa shape index (κ3) is 4.37. The molecule has 0 radical (unpaired) electrons. The molecule has 0 atom stereocenters. The lowest BCUT2D eigenvalue weighted by atomic mass is 10.2. The van der Waals surface area contributed by atoms with Gasteiger partial charge in [0.05, 0.1) is 0 Å². The highest BCUT2D eigenvalue weighted by Crippen LogP contribution is 1.94. The molecule has 0 fully saturated rings. The van der Waals surface area contributed by atoms with E-state index in [4.69, 9.17) is 0 Å². The largest absolute Gasteiger partial charge is 0.326 e. The summed E-state index contributed by atoms with van der Waals surface area (Å²) in [6.07, 6.45) is 3.60. The van der Waals surface area contributed by atoms with E-state index in [9.17, 15) is 4.79 Å². The van der Waals surface area contributed by atoms with Gasteiger partial charge in [-0.05, 0) is 13.0 Å². The summed E-state index contributed by atoms with van der Waals surface area (Å²) >= 11 is 0. The number of hydrogen-bond acceptors (Lipinski definition) is 1. The summed E-state index contributed by atoms with van der Waals surface area (Å²) in [6.45, 7) is 9.22. The van der Waals surface area contributed by atoms with Crippen molar-refractivity contribution in [2.24, 2.45) is 5.92 Å². The molecule has 0 bridgehead atoms. The van der Waals surface area contributed by atoms with Crippen LogP contribution in [0.15, 0.2) is 24.4 Å². The standard InChI is InChI=1S/C9H15NO/c1-5-6-8(4)10-9(11)7(2)3/h5-7H,4H2,1-3H3,(H,10,11). The smallest absolute Gasteiger partial charge is 0.226 e. The Morgan fingerprint density at radius 1 is 1.55 bits per heavy atom. The Balaban J connectivity index is 3.86. The molecule has 0 rings (SSSR count). The predicted molar refractivity (Wildman–Crippen MR) is 46.9 cm³/mol. The minimum atomic E-state index is 0.00750. The monoisotopic (exact) mass is 153 g/mol. The van der Waals surface area contributed by atoms with E-state index in [1.807, 2.05) is 26.8 Å². The van der Waals surface area contributed by atoms with Crippen LogP contribution in [0.25, 0.3) is 0 Å². The van der Waals surface area contributed by atoms with E-state index in [0.717, 1.165) is 0 Å². The normalized spacial score (nSPS) is 10.5. The summed E-state index contributed by atoms with van der Waals surface area (Å²) < 4.78 is 0. The van der Waals surface area contributed by atoms with Crippen molar-refractivity contribution in [1.29, 1.82) is 0 Å². The molecule has 0 aliphatic carbocycles. The van der Waals surface area contributed by atoms with Gasteiger partial charge in [-0.2, -0.15) is 0 Å². The highest BCUT2D eigenvalue weighted by Gasteiger charge is 2.05. The molecule has 0 heterocycles. The summed E-state index contributed by atoms with van der Waals surface area (Å²) in [5.41, 5.74) is 0.645. The average molecular weight is 153 g/mol. The Morgan fingerprint density at radius 3 is 2.45 bits per heavy atom. The van der Waals surface area contributed by atoms with Gasteiger partial charge in [0, 0.05) is 11.6 Å². The van der Waals surface area contributed by atoms with Crippen LogP contribution in [0.2, 0.25) is 0 Å². The summed E-state index contributed by atoms with van der Waals surface area (Å²) in [7, 11) is 0. The van der Waals surface area contributed by atoms with Crippen LogP contribution in [-0.2, 0) is 4.79 Å². The van der Waals surface area contributed by atoms with Gasteiger partial charge in [-0.1, -0.05) is 26.5 Å². The van der Waals surface area contributed by atoms with Crippen molar-refractivity contribution in [3.8, 4) is 0 Å². The summed E-state index contributed by atoms with van der Waals surface area (Å²) in [6, 6.07) is 0. The van der Waals surface area contributed by atoms with E-state index in [1.165, 1.54) is 0 Å². The molecule has 0 aromatic heterocycles. The molecule has 11 heavy (non-hydrogen) atoms. The summed E-state index contributed by atoms with van der Waals surface area (Å²) in [4.78, 5) is 11.0. The van der Waals surface area contributed by atoms with Crippen molar-refractivity contribution in [2.75, 3.05) is 0 Å². The number of nitrogens with one attached hydrogen (secondary N) is 1. The van der Waals surface area contributed by atoms with Crippen LogP contribution in [0.5, 0.6) is 0 Å². The maximum Gasteiger partial charge on any atom is 0.226 e. The predicted octanol–water partition coefficient (Wildman–Crippen LogP) is 1.85. The molecule has 0 saturated carbocycles. The second-order valence-corrected chi connectivity index (χ2v) is 2.67. The van der Waals surface area contributed by atoms with Crippen LogP contribution < -0.4 is 5.32 Å². The van der Waals surface area contributed by atoms with Gasteiger partial charge in [0.25, 0.3) is 0 Å². The zero-order chi connectivity index (χ0) is 8.85. The Kier molecular flexibility index (Phi) is 4.27. The number of rotatable bonds is 3. The molecule has 0 aromatic carbocycles. The van der Waals surface area contributed by atoms with Crippen molar-refractivity contribution in [1.82, 2.24) is 5.32 Å². The maximum absolute atomic E-state index is 11.0. The van der Waals surface area contributed by atoms with Crippen molar-refractivity contribution in [3.63, 3.8) is 0 Å². The molecule has 0 spiro atoms. The van der Waals surface area contributed by atoms with E-state index in [2.05, 4.69) is 11.9 Å². The van der Waals surface area contributed by atoms with Gasteiger partial charge in [-0.15, -0.1) is 0 Å². The molecule has 0 saturated heterocycles. The lowest BCUT2D eigenvalue weighted by Gasteiger charge is -2.05. The SMILES string of the molecule is C=C(C=CC)NC(=O)C(C)C. The molecule has 1 N–H and O–H groups in total. The quantitative estimate of drug-likeness (QED) is 0.616. The molecule has 62 valence electrons. The molecule has 2 nitrogen and oxygen atoms in total. The van der Waals surface area contributed by atoms with Gasteiger partial charge in [-0.25, -0.2) is 0 Å². The number of carbonyl (C=O) groups excluding carboxylic acids is 1. The number of amides is 1. The number of carbonyl (C=O) groups is 1. The third-order valence-corrected chi connectivity index (χ3v) is 1.18. The highest BCUT2D eigenvalue weighted by atomic mass is 16.1. The first-order valence-electron chi connectivity index (χ1n) is 3.70. The van der Waals surface area contributed by atoms with Crippen molar-refractivity contribution < 1.29 is 4.79 Å². The maximum atomic E-state index is 11.0. The van der Waals surface area contributed by atoms with Gasteiger partial charge in [0.2, 0.25) is 5.91 Å². The van der Waals surface area contributed by atoms with Gasteiger partial charge >= 0.3 is 0 Å². The third-order valence-electron chi connectivity index (χ3n) is 1.18. The number of allylic oxidation sites excluding steroid dienone is 2. The minimum absolute atomic E-state index is 0.00750. The molecule has 0 aliphatic heterocycles. The van der Waals surface area contributed by atoms with Crippen LogP contribution in [-0.4, -0.2) is 5.91 Å². The van der Waals surface area contributed by atoms with Crippen LogP contribution in [0, 0.1) is 5.92 Å². The lowest BCUT2D eigenvalue weighted by molar-refractivity contribution is -0.123. The van der Waals surface area contributed by atoms with E-state index in [1.54, 1.807) is 6.08 Å². The second-order valence-electron chi connectivity index (χ2n) is 2.67. The summed E-state index contributed by atoms with van der Waals surface area (Å²) in [5, 5.41) is 2.66. The Bertz CT molecular complexity index is 180. The molecule has 0 aliphatic rings. The Labute approximate surface area is 68.0 Å². The second kappa shape index (κ2) is 4.72. The molecule has 0 aromatic rings. The Hall–Kier alpha value is -1.05. The molecule has 1 amide bonds. The molecule has 0 unspecified atom stereocenters. The van der Waals surface area contributed by atoms with Gasteiger partial charge in [0.15, 0.2) is 0 Å². The zero-order valence-electron chi connectivity index (χ0n) is 7.35. The fraction of sp³-hybridized carbons (Fsp3) is 0.444. The van der Waals surface area contributed by atoms with Gasteiger partial charge in [0.1, 0.15) is 0 Å². The van der Waals surface area contributed by atoms with Crippen molar-refractivity contribution >= 4 is 5.91 Å². The summed E-state index contributed by atoms with van der Waals surface area (Å²) in [5.74, 6) is 0.0186. The fourth-order valence-electron chi connectivity index (χ4n) is 0.545. The number of hydrogen-bond donors (Lipinski definition) is 1. The average Bonchev–Trinajstić information content (AvgIpc) is 1.87. The van der Waals surface area contributed by atoms with E-state index in [0.29, 0.717) is 5.70 Å². The lowest BCUT2D eigenvalue weighted by Crippen LogP contribution is -2.25. The van der Waals surface area contributed by atoms with Crippen molar-refractivity contribution in [3.05, 3.63) is 24.4 Å². The minimum Gasteiger partial charge on any atom is -0.326 e.